The first kappa shape index (κ1) is 10.2. The second kappa shape index (κ2) is 4.47. The van der Waals surface area contributed by atoms with Crippen LogP contribution in [0.25, 0.3) is 0 Å². The van der Waals surface area contributed by atoms with E-state index in [4.69, 9.17) is 0 Å². The third-order valence-corrected chi connectivity index (χ3v) is 2.96. The van der Waals surface area contributed by atoms with Gasteiger partial charge in [0.25, 0.3) is 5.91 Å². The Hall–Kier alpha value is -1.31. The highest BCUT2D eigenvalue weighted by molar-refractivity contribution is 5.94. The van der Waals surface area contributed by atoms with Gasteiger partial charge in [0, 0.05) is 18.7 Å². The van der Waals surface area contributed by atoms with Crippen LogP contribution in [0.5, 0.6) is 0 Å². The summed E-state index contributed by atoms with van der Waals surface area (Å²) in [7, 11) is 0. The van der Waals surface area contributed by atoms with Gasteiger partial charge in [0.15, 0.2) is 0 Å². The van der Waals surface area contributed by atoms with Crippen LogP contribution in [0, 0.1) is 5.92 Å². The number of amides is 1. The van der Waals surface area contributed by atoms with Crippen molar-refractivity contribution < 1.29 is 4.79 Å². The molecule has 2 rings (SSSR count). The van der Waals surface area contributed by atoms with Crippen molar-refractivity contribution >= 4 is 5.91 Å². The average Bonchev–Trinajstić information content (AvgIpc) is 2.29. The van der Waals surface area contributed by atoms with E-state index in [2.05, 4.69) is 6.92 Å². The SMILES string of the molecule is C[C@H]1CCCN(C(=O)c2ccccc2)C1. The molecule has 0 aliphatic carbocycles. The van der Waals surface area contributed by atoms with Gasteiger partial charge in [-0.3, -0.25) is 4.79 Å². The summed E-state index contributed by atoms with van der Waals surface area (Å²) < 4.78 is 0. The summed E-state index contributed by atoms with van der Waals surface area (Å²) in [4.78, 5) is 14.0. The summed E-state index contributed by atoms with van der Waals surface area (Å²) in [5.41, 5.74) is 0.812. The van der Waals surface area contributed by atoms with Gasteiger partial charge < -0.3 is 4.90 Å². The van der Waals surface area contributed by atoms with Gasteiger partial charge in [-0.1, -0.05) is 25.1 Å². The molecule has 15 heavy (non-hydrogen) atoms. The Balaban J connectivity index is 2.08. The topological polar surface area (TPSA) is 20.3 Å². The molecule has 1 aromatic rings. The number of piperidine rings is 1. The van der Waals surface area contributed by atoms with Crippen molar-refractivity contribution in [3.8, 4) is 0 Å². The Morgan fingerprint density at radius 3 is 2.73 bits per heavy atom. The summed E-state index contributed by atoms with van der Waals surface area (Å²) in [5, 5.41) is 0. The van der Waals surface area contributed by atoms with Gasteiger partial charge in [0.1, 0.15) is 0 Å². The number of carbonyl (C=O) groups is 1. The number of hydrogen-bond donors (Lipinski definition) is 0. The summed E-state index contributed by atoms with van der Waals surface area (Å²) in [6.45, 7) is 4.04. The Bertz CT molecular complexity index is 334. The molecule has 1 saturated heterocycles. The van der Waals surface area contributed by atoms with Gasteiger partial charge in [-0.15, -0.1) is 0 Å². The Kier molecular flexibility index (Phi) is 3.05. The minimum Gasteiger partial charge on any atom is -0.338 e. The van der Waals surface area contributed by atoms with E-state index >= 15 is 0 Å². The van der Waals surface area contributed by atoms with Crippen LogP contribution in [0.3, 0.4) is 0 Å². The summed E-state index contributed by atoms with van der Waals surface area (Å²) in [5.74, 6) is 0.827. The standard InChI is InChI=1S/C13H17NO/c1-11-6-5-9-14(10-11)13(15)12-7-3-2-4-8-12/h2-4,7-8,11H,5-6,9-10H2,1H3/t11-/m0/s1. The van der Waals surface area contributed by atoms with Crippen LogP contribution in [0.1, 0.15) is 30.1 Å². The van der Waals surface area contributed by atoms with E-state index in [9.17, 15) is 4.79 Å². The lowest BCUT2D eigenvalue weighted by Crippen LogP contribution is -2.39. The molecule has 2 nitrogen and oxygen atoms in total. The molecule has 0 aromatic heterocycles. The van der Waals surface area contributed by atoms with E-state index < -0.39 is 0 Å². The van der Waals surface area contributed by atoms with Crippen LogP contribution in [-0.4, -0.2) is 23.9 Å². The van der Waals surface area contributed by atoms with Crippen LogP contribution >= 0.6 is 0 Å². The maximum Gasteiger partial charge on any atom is 0.253 e. The van der Waals surface area contributed by atoms with Crippen molar-refractivity contribution in [2.24, 2.45) is 5.92 Å². The van der Waals surface area contributed by atoms with E-state index in [-0.39, 0.29) is 5.91 Å². The maximum absolute atomic E-state index is 12.1. The number of likely N-dealkylation sites (tertiary alicyclic amines) is 1. The van der Waals surface area contributed by atoms with Crippen LogP contribution in [-0.2, 0) is 0 Å². The quantitative estimate of drug-likeness (QED) is 0.687. The summed E-state index contributed by atoms with van der Waals surface area (Å²) in [6, 6.07) is 9.56. The molecule has 1 amide bonds. The fourth-order valence-corrected chi connectivity index (χ4v) is 2.14. The highest BCUT2D eigenvalue weighted by Crippen LogP contribution is 2.17. The first-order valence-electron chi connectivity index (χ1n) is 5.61. The molecule has 1 heterocycles. The normalized spacial score (nSPS) is 21.4. The van der Waals surface area contributed by atoms with E-state index in [0.717, 1.165) is 25.1 Å². The predicted octanol–water partition coefficient (Wildman–Crippen LogP) is 2.56. The molecule has 0 saturated carbocycles. The van der Waals surface area contributed by atoms with Gasteiger partial charge in [0.05, 0.1) is 0 Å². The highest BCUT2D eigenvalue weighted by atomic mass is 16.2. The fourth-order valence-electron chi connectivity index (χ4n) is 2.14. The molecule has 80 valence electrons. The van der Waals surface area contributed by atoms with Crippen molar-refractivity contribution in [1.29, 1.82) is 0 Å². The van der Waals surface area contributed by atoms with Gasteiger partial charge in [-0.25, -0.2) is 0 Å². The van der Waals surface area contributed by atoms with Crippen LogP contribution in [0.15, 0.2) is 30.3 Å². The maximum atomic E-state index is 12.1. The van der Waals surface area contributed by atoms with Crippen LogP contribution in [0.2, 0.25) is 0 Å². The Labute approximate surface area is 90.9 Å². The van der Waals surface area contributed by atoms with E-state index in [0.29, 0.717) is 5.92 Å². The molecule has 0 bridgehead atoms. The van der Waals surface area contributed by atoms with E-state index in [1.807, 2.05) is 35.2 Å². The number of rotatable bonds is 1. The molecule has 1 aromatic carbocycles. The molecule has 0 spiro atoms. The molecular formula is C13H17NO. The fraction of sp³-hybridized carbons (Fsp3) is 0.462. The zero-order valence-corrected chi connectivity index (χ0v) is 9.15. The van der Waals surface area contributed by atoms with Gasteiger partial charge in [-0.2, -0.15) is 0 Å². The molecule has 2 heteroatoms. The monoisotopic (exact) mass is 203 g/mol. The highest BCUT2D eigenvalue weighted by Gasteiger charge is 2.21. The van der Waals surface area contributed by atoms with Crippen LogP contribution in [0.4, 0.5) is 0 Å². The number of hydrogen-bond acceptors (Lipinski definition) is 1. The van der Waals surface area contributed by atoms with E-state index in [1.165, 1.54) is 6.42 Å². The third kappa shape index (κ3) is 2.38. The zero-order chi connectivity index (χ0) is 10.7. The largest absolute Gasteiger partial charge is 0.338 e. The predicted molar refractivity (Wildman–Crippen MR) is 60.7 cm³/mol. The van der Waals surface area contributed by atoms with Crippen molar-refractivity contribution in [1.82, 2.24) is 4.90 Å². The van der Waals surface area contributed by atoms with Crippen molar-refractivity contribution in [2.45, 2.75) is 19.8 Å². The number of benzene rings is 1. The lowest BCUT2D eigenvalue weighted by atomic mass is 9.99. The third-order valence-electron chi connectivity index (χ3n) is 2.96. The summed E-state index contributed by atoms with van der Waals surface area (Å²) in [6.07, 6.45) is 2.39. The minimum absolute atomic E-state index is 0.183. The molecule has 1 aliphatic heterocycles. The van der Waals surface area contributed by atoms with Crippen molar-refractivity contribution in [3.05, 3.63) is 35.9 Å². The van der Waals surface area contributed by atoms with E-state index in [1.54, 1.807) is 0 Å². The molecule has 0 unspecified atom stereocenters. The zero-order valence-electron chi connectivity index (χ0n) is 9.15. The molecule has 1 atom stereocenters. The van der Waals surface area contributed by atoms with Gasteiger partial charge in [0.2, 0.25) is 0 Å². The van der Waals surface area contributed by atoms with Crippen molar-refractivity contribution in [2.75, 3.05) is 13.1 Å². The first-order valence-corrected chi connectivity index (χ1v) is 5.61. The molecule has 1 aliphatic rings. The lowest BCUT2D eigenvalue weighted by molar-refractivity contribution is 0.0683. The van der Waals surface area contributed by atoms with Crippen LogP contribution < -0.4 is 0 Å². The first-order chi connectivity index (χ1) is 7.27. The lowest BCUT2D eigenvalue weighted by Gasteiger charge is -2.31. The molecular weight excluding hydrogens is 186 g/mol. The molecule has 1 fully saturated rings. The number of carbonyl (C=O) groups excluding carboxylic acids is 1. The van der Waals surface area contributed by atoms with Crippen molar-refractivity contribution in [3.63, 3.8) is 0 Å². The summed E-state index contributed by atoms with van der Waals surface area (Å²) >= 11 is 0. The molecule has 0 radical (unpaired) electrons. The smallest absolute Gasteiger partial charge is 0.253 e. The number of nitrogens with zero attached hydrogens (tertiary/aromatic N) is 1. The second-order valence-electron chi connectivity index (χ2n) is 4.36. The Morgan fingerprint density at radius 1 is 1.33 bits per heavy atom. The molecule has 0 N–H and O–H groups in total. The minimum atomic E-state index is 0.183. The van der Waals surface area contributed by atoms with Gasteiger partial charge in [-0.05, 0) is 30.9 Å². The van der Waals surface area contributed by atoms with Gasteiger partial charge >= 0.3 is 0 Å². The Morgan fingerprint density at radius 2 is 2.07 bits per heavy atom. The second-order valence-corrected chi connectivity index (χ2v) is 4.36. The average molecular weight is 203 g/mol.